The second-order valence-electron chi connectivity index (χ2n) is 8.55. The van der Waals surface area contributed by atoms with Crippen LogP contribution in [-0.4, -0.2) is 39.7 Å². The fourth-order valence-corrected chi connectivity index (χ4v) is 5.27. The summed E-state index contributed by atoms with van der Waals surface area (Å²) in [5, 5.41) is 0. The van der Waals surface area contributed by atoms with Gasteiger partial charge >= 0.3 is 6.09 Å². The van der Waals surface area contributed by atoms with E-state index in [0.717, 1.165) is 42.6 Å². The predicted octanol–water partition coefficient (Wildman–Crippen LogP) is 3.77. The SMILES string of the molecule is CC(C)(C)OC(=O)N1CCC2CC3(c4ncc(Br)cn4)CC(C1)C23. The third-order valence-corrected chi connectivity index (χ3v) is 6.26. The zero-order chi connectivity index (χ0) is 17.1. The molecule has 24 heavy (non-hydrogen) atoms. The molecule has 2 saturated carbocycles. The smallest absolute Gasteiger partial charge is 0.410 e. The van der Waals surface area contributed by atoms with Crippen LogP contribution in [0.1, 0.15) is 45.9 Å². The molecule has 0 aromatic carbocycles. The van der Waals surface area contributed by atoms with Crippen molar-refractivity contribution >= 4 is 22.0 Å². The highest BCUT2D eigenvalue weighted by molar-refractivity contribution is 9.10. The van der Waals surface area contributed by atoms with Crippen molar-refractivity contribution in [2.24, 2.45) is 17.8 Å². The summed E-state index contributed by atoms with van der Waals surface area (Å²) in [5.41, 5.74) is -0.267. The Balaban J connectivity index is 1.48. The van der Waals surface area contributed by atoms with Gasteiger partial charge in [0.25, 0.3) is 0 Å². The molecule has 1 amide bonds. The van der Waals surface area contributed by atoms with Crippen LogP contribution >= 0.6 is 15.9 Å². The van der Waals surface area contributed by atoms with Gasteiger partial charge in [-0.2, -0.15) is 0 Å². The molecule has 6 heteroatoms. The van der Waals surface area contributed by atoms with E-state index in [1.807, 2.05) is 38.1 Å². The Hall–Kier alpha value is -1.17. The van der Waals surface area contributed by atoms with Gasteiger partial charge in [0.15, 0.2) is 0 Å². The molecule has 4 unspecified atom stereocenters. The number of amides is 1. The first-order chi connectivity index (χ1) is 11.3. The fraction of sp³-hybridized carbons (Fsp3) is 0.722. The minimum Gasteiger partial charge on any atom is -0.444 e. The lowest BCUT2D eigenvalue weighted by atomic mass is 9.38. The van der Waals surface area contributed by atoms with Crippen LogP contribution in [0.25, 0.3) is 0 Å². The Morgan fingerprint density at radius 2 is 1.96 bits per heavy atom. The van der Waals surface area contributed by atoms with Crippen LogP contribution in [-0.2, 0) is 10.2 Å². The van der Waals surface area contributed by atoms with Crippen molar-refractivity contribution in [2.75, 3.05) is 13.1 Å². The molecular weight excluding hydrogens is 370 g/mol. The normalized spacial score (nSPS) is 34.5. The lowest BCUT2D eigenvalue weighted by Crippen LogP contribution is -2.65. The number of rotatable bonds is 1. The highest BCUT2D eigenvalue weighted by atomic mass is 79.9. The maximum absolute atomic E-state index is 12.4. The average Bonchev–Trinajstić information content (AvgIpc) is 2.53. The average molecular weight is 394 g/mol. The zero-order valence-electron chi connectivity index (χ0n) is 14.5. The predicted molar refractivity (Wildman–Crippen MR) is 93.5 cm³/mol. The molecule has 1 saturated heterocycles. The number of carbonyl (C=O) groups is 1. The number of hydrogen-bond acceptors (Lipinski definition) is 4. The van der Waals surface area contributed by atoms with Gasteiger partial charge in [0, 0.05) is 30.9 Å². The summed E-state index contributed by atoms with van der Waals surface area (Å²) in [6, 6.07) is 0. The Bertz CT molecular complexity index is 657. The Morgan fingerprint density at radius 3 is 2.62 bits per heavy atom. The Kier molecular flexibility index (Phi) is 3.68. The van der Waals surface area contributed by atoms with Crippen LogP contribution in [0.4, 0.5) is 4.79 Å². The third kappa shape index (κ3) is 2.54. The molecule has 1 aromatic rings. The van der Waals surface area contributed by atoms with Gasteiger partial charge in [-0.25, -0.2) is 14.8 Å². The van der Waals surface area contributed by atoms with E-state index in [4.69, 9.17) is 4.74 Å². The largest absolute Gasteiger partial charge is 0.444 e. The summed E-state index contributed by atoms with van der Waals surface area (Å²) in [5.74, 6) is 2.88. The molecule has 1 aromatic heterocycles. The van der Waals surface area contributed by atoms with E-state index >= 15 is 0 Å². The molecule has 4 atom stereocenters. The molecule has 0 spiro atoms. The van der Waals surface area contributed by atoms with E-state index in [0.29, 0.717) is 17.8 Å². The molecule has 0 radical (unpaired) electrons. The summed E-state index contributed by atoms with van der Waals surface area (Å²) < 4.78 is 6.49. The van der Waals surface area contributed by atoms with Crippen LogP contribution in [0.3, 0.4) is 0 Å². The van der Waals surface area contributed by atoms with E-state index in [9.17, 15) is 4.79 Å². The van der Waals surface area contributed by atoms with Gasteiger partial charge in [0.1, 0.15) is 11.4 Å². The monoisotopic (exact) mass is 393 g/mol. The van der Waals surface area contributed by atoms with Crippen molar-refractivity contribution in [2.45, 2.75) is 51.0 Å². The fourth-order valence-electron chi connectivity index (χ4n) is 5.06. The van der Waals surface area contributed by atoms with Crippen molar-refractivity contribution in [3.05, 3.63) is 22.7 Å². The summed E-state index contributed by atoms with van der Waals surface area (Å²) in [6.45, 7) is 7.39. The van der Waals surface area contributed by atoms with Crippen molar-refractivity contribution in [3.63, 3.8) is 0 Å². The van der Waals surface area contributed by atoms with E-state index in [1.165, 1.54) is 0 Å². The second-order valence-corrected chi connectivity index (χ2v) is 9.47. The molecule has 3 fully saturated rings. The molecule has 2 heterocycles. The van der Waals surface area contributed by atoms with Crippen molar-refractivity contribution in [1.82, 2.24) is 14.9 Å². The lowest BCUT2D eigenvalue weighted by Gasteiger charge is -2.66. The summed E-state index contributed by atoms with van der Waals surface area (Å²) >= 11 is 3.41. The summed E-state index contributed by atoms with van der Waals surface area (Å²) in [7, 11) is 0. The third-order valence-electron chi connectivity index (χ3n) is 5.85. The number of likely N-dealkylation sites (tertiary alicyclic amines) is 1. The van der Waals surface area contributed by atoms with E-state index < -0.39 is 5.60 Å². The van der Waals surface area contributed by atoms with Gasteiger partial charge in [-0.3, -0.25) is 0 Å². The van der Waals surface area contributed by atoms with Crippen molar-refractivity contribution in [1.29, 1.82) is 0 Å². The standard InChI is InChI=1S/C18H24BrN3O2/c1-17(2,3)24-16(23)22-5-4-11-6-18(7-12(10-22)14(11)18)15-20-8-13(19)9-21-15/h8-9,11-12,14H,4-7,10H2,1-3H3. The van der Waals surface area contributed by atoms with Gasteiger partial charge in [0.05, 0.1) is 4.47 Å². The highest BCUT2D eigenvalue weighted by Crippen LogP contribution is 2.68. The van der Waals surface area contributed by atoms with Crippen LogP contribution in [0, 0.1) is 17.8 Å². The maximum Gasteiger partial charge on any atom is 0.410 e. The molecule has 0 bridgehead atoms. The number of halogens is 1. The van der Waals surface area contributed by atoms with Gasteiger partial charge < -0.3 is 9.64 Å². The van der Waals surface area contributed by atoms with Crippen molar-refractivity contribution in [3.8, 4) is 0 Å². The molecular formula is C18H24BrN3O2. The molecule has 2 aliphatic carbocycles. The number of aromatic nitrogens is 2. The van der Waals surface area contributed by atoms with Crippen LogP contribution in [0.5, 0.6) is 0 Å². The molecule has 4 rings (SSSR count). The first-order valence-corrected chi connectivity index (χ1v) is 9.54. The van der Waals surface area contributed by atoms with Crippen LogP contribution in [0.15, 0.2) is 16.9 Å². The first-order valence-electron chi connectivity index (χ1n) is 8.74. The highest BCUT2D eigenvalue weighted by Gasteiger charge is 2.67. The zero-order valence-corrected chi connectivity index (χ0v) is 16.0. The van der Waals surface area contributed by atoms with Gasteiger partial charge in [-0.05, 0) is 73.7 Å². The Labute approximate surface area is 151 Å². The lowest BCUT2D eigenvalue weighted by molar-refractivity contribution is -0.123. The van der Waals surface area contributed by atoms with Crippen molar-refractivity contribution < 1.29 is 9.53 Å². The van der Waals surface area contributed by atoms with Crippen LogP contribution in [0.2, 0.25) is 0 Å². The minimum atomic E-state index is -0.434. The van der Waals surface area contributed by atoms with Gasteiger partial charge in [-0.15, -0.1) is 0 Å². The molecule has 1 aliphatic heterocycles. The quantitative estimate of drug-likeness (QED) is 0.728. The number of ether oxygens (including phenoxy) is 1. The Morgan fingerprint density at radius 1 is 1.29 bits per heavy atom. The topological polar surface area (TPSA) is 55.3 Å². The molecule has 130 valence electrons. The second kappa shape index (κ2) is 5.41. The molecule has 3 aliphatic rings. The number of nitrogens with zero attached hydrogens (tertiary/aromatic N) is 3. The number of carbonyl (C=O) groups excluding carboxylic acids is 1. The maximum atomic E-state index is 12.4. The van der Waals surface area contributed by atoms with E-state index in [1.54, 1.807) is 0 Å². The van der Waals surface area contributed by atoms with Crippen LogP contribution < -0.4 is 0 Å². The summed E-state index contributed by atoms with van der Waals surface area (Å²) in [6.07, 6.45) is 6.86. The molecule has 5 nitrogen and oxygen atoms in total. The number of hydrogen-bond donors (Lipinski definition) is 0. The van der Waals surface area contributed by atoms with E-state index in [-0.39, 0.29) is 11.5 Å². The summed E-state index contributed by atoms with van der Waals surface area (Å²) in [4.78, 5) is 23.5. The molecule has 0 N–H and O–H groups in total. The minimum absolute atomic E-state index is 0.166. The first kappa shape index (κ1) is 16.3. The van der Waals surface area contributed by atoms with Gasteiger partial charge in [-0.1, -0.05) is 0 Å². The van der Waals surface area contributed by atoms with Gasteiger partial charge in [0.2, 0.25) is 0 Å². The van der Waals surface area contributed by atoms with E-state index in [2.05, 4.69) is 25.9 Å².